The smallest absolute Gasteiger partial charge is 0.175 e. The van der Waals surface area contributed by atoms with Gasteiger partial charge < -0.3 is 23.8 Å². The summed E-state index contributed by atoms with van der Waals surface area (Å²) >= 11 is 8.00. The Bertz CT molecular complexity index is 1510. The Kier molecular flexibility index (Phi) is 16.7. The number of nitrogens with zero attached hydrogens (tertiary/aromatic N) is 1. The van der Waals surface area contributed by atoms with Crippen LogP contribution >= 0.6 is 23.4 Å². The second kappa shape index (κ2) is 20.4. The lowest BCUT2D eigenvalue weighted by molar-refractivity contribution is -0.113. The number of fused-ring (bicyclic) bond motifs is 1. The highest BCUT2D eigenvalue weighted by Crippen LogP contribution is 2.44. The van der Waals surface area contributed by atoms with Crippen molar-refractivity contribution in [3.63, 3.8) is 0 Å². The fourth-order valence-electron chi connectivity index (χ4n) is 6.14. The molecule has 8 heteroatoms. The maximum absolute atomic E-state index is 11.2. The van der Waals surface area contributed by atoms with Crippen molar-refractivity contribution in [1.82, 2.24) is 4.90 Å². The fourth-order valence-corrected chi connectivity index (χ4v) is 7.95. The van der Waals surface area contributed by atoms with Gasteiger partial charge in [-0.15, -0.1) is 0 Å². The number of hydrogen-bond acceptors (Lipinski definition) is 7. The first kappa shape index (κ1) is 40.1. The molecule has 1 atom stereocenters. The number of halogens is 1. The third kappa shape index (κ3) is 11.1. The molecule has 268 valence electrons. The average Bonchev–Trinajstić information content (AvgIpc) is 3.45. The van der Waals surface area contributed by atoms with E-state index in [4.69, 9.17) is 30.5 Å². The molecule has 0 saturated heterocycles. The van der Waals surface area contributed by atoms with E-state index < -0.39 is 0 Å². The van der Waals surface area contributed by atoms with E-state index in [1.165, 1.54) is 54.2 Å². The number of carbonyl (C=O) groups is 1. The Morgan fingerprint density at radius 3 is 2.37 bits per heavy atom. The van der Waals surface area contributed by atoms with E-state index in [1.807, 2.05) is 11.8 Å². The molecule has 0 N–H and O–H groups in total. The third-order valence-corrected chi connectivity index (χ3v) is 10.4. The van der Waals surface area contributed by atoms with Gasteiger partial charge in [-0.05, 0) is 67.5 Å². The monoisotopic (exact) mass is 709 g/mol. The van der Waals surface area contributed by atoms with Crippen LogP contribution in [0.15, 0.2) is 93.3 Å². The summed E-state index contributed by atoms with van der Waals surface area (Å²) in [6.45, 7) is 10.5. The number of hydrogen-bond donors (Lipinski definition) is 0. The largest absolute Gasteiger partial charge is 0.501 e. The summed E-state index contributed by atoms with van der Waals surface area (Å²) in [4.78, 5) is 15.1. The maximum atomic E-state index is 11.2. The van der Waals surface area contributed by atoms with E-state index in [2.05, 4.69) is 87.4 Å². The Morgan fingerprint density at radius 2 is 1.78 bits per heavy atom. The number of allylic oxidation sites excluding steroid dienone is 11. The second-order valence-electron chi connectivity index (χ2n) is 12.7. The van der Waals surface area contributed by atoms with Gasteiger partial charge in [0.25, 0.3) is 0 Å². The molecule has 1 aromatic carbocycles. The van der Waals surface area contributed by atoms with E-state index in [0.717, 1.165) is 49.5 Å². The van der Waals surface area contributed by atoms with Gasteiger partial charge in [0.05, 0.1) is 39.2 Å². The van der Waals surface area contributed by atoms with E-state index in [0.29, 0.717) is 40.3 Å². The number of carbonyl (C=O) groups excluding carboxylic acids is 1. The summed E-state index contributed by atoms with van der Waals surface area (Å²) < 4.78 is 21.4. The zero-order valence-corrected chi connectivity index (χ0v) is 32.6. The molecular formula is C41H56ClNO5S. The van der Waals surface area contributed by atoms with Gasteiger partial charge in [-0.25, -0.2) is 0 Å². The Morgan fingerprint density at radius 1 is 1.00 bits per heavy atom. The molecule has 0 fully saturated rings. The summed E-state index contributed by atoms with van der Waals surface area (Å²) in [5.74, 6) is 4.06. The Labute approximate surface area is 304 Å². The van der Waals surface area contributed by atoms with Crippen molar-refractivity contribution in [2.75, 3.05) is 28.4 Å². The first-order chi connectivity index (χ1) is 23.6. The van der Waals surface area contributed by atoms with Crippen LogP contribution in [0.5, 0.6) is 5.75 Å². The van der Waals surface area contributed by atoms with Crippen molar-refractivity contribution in [3.8, 4) is 5.75 Å². The molecule has 1 aromatic rings. The third-order valence-electron chi connectivity index (χ3n) is 8.65. The number of ether oxygens (including phenoxy) is 4. The SMILES string of the molecule is CCCC(C)C.CCCC1=C(Cc2cc(C3=CCCC(OC)=C3)ccc2OC)N2C=CC=CC2S1.COC1=C(OC)C(Cl)=C(C(C)=O)CC1. The molecule has 4 aliphatic rings. The van der Waals surface area contributed by atoms with Gasteiger partial charge in [-0.2, -0.15) is 0 Å². The highest BCUT2D eigenvalue weighted by molar-refractivity contribution is 8.04. The van der Waals surface area contributed by atoms with Crippen LogP contribution in [0.25, 0.3) is 5.57 Å². The summed E-state index contributed by atoms with van der Waals surface area (Å²) in [6.07, 6.45) is 22.4. The second-order valence-corrected chi connectivity index (χ2v) is 14.3. The minimum atomic E-state index is -0.0142. The highest BCUT2D eigenvalue weighted by atomic mass is 35.5. The number of ketones is 1. The van der Waals surface area contributed by atoms with E-state index in [1.54, 1.807) is 21.3 Å². The van der Waals surface area contributed by atoms with Crippen LogP contribution in [0.3, 0.4) is 0 Å². The van der Waals surface area contributed by atoms with E-state index in [9.17, 15) is 4.79 Å². The van der Waals surface area contributed by atoms with Gasteiger partial charge in [0.2, 0.25) is 0 Å². The van der Waals surface area contributed by atoms with Gasteiger partial charge in [-0.3, -0.25) is 4.79 Å². The topological polar surface area (TPSA) is 57.2 Å². The molecule has 6 nitrogen and oxygen atoms in total. The van der Waals surface area contributed by atoms with E-state index in [-0.39, 0.29) is 5.78 Å². The lowest BCUT2D eigenvalue weighted by Gasteiger charge is -2.25. The lowest BCUT2D eigenvalue weighted by atomic mass is 9.95. The van der Waals surface area contributed by atoms with Gasteiger partial charge in [0.1, 0.15) is 16.9 Å². The van der Waals surface area contributed by atoms with Crippen molar-refractivity contribution in [3.05, 3.63) is 104 Å². The fraction of sp³-hybridized carbons (Fsp3) is 0.488. The number of benzene rings is 1. The summed E-state index contributed by atoms with van der Waals surface area (Å²) in [5.41, 5.74) is 5.72. The van der Waals surface area contributed by atoms with Gasteiger partial charge in [-0.1, -0.05) is 94.6 Å². The van der Waals surface area contributed by atoms with Gasteiger partial charge >= 0.3 is 0 Å². The quantitative estimate of drug-likeness (QED) is 0.214. The van der Waals surface area contributed by atoms with Crippen LogP contribution < -0.4 is 4.74 Å². The first-order valence-corrected chi connectivity index (χ1v) is 18.7. The Hall–Kier alpha value is -3.29. The first-order valence-electron chi connectivity index (χ1n) is 17.5. The molecule has 49 heavy (non-hydrogen) atoms. The van der Waals surface area contributed by atoms with Crippen LogP contribution in [0.2, 0.25) is 0 Å². The summed E-state index contributed by atoms with van der Waals surface area (Å²) in [7, 11) is 6.60. The van der Waals surface area contributed by atoms with Crippen LogP contribution in [0, 0.1) is 5.92 Å². The predicted molar refractivity (Wildman–Crippen MR) is 206 cm³/mol. The number of Topliss-reactive ketones (excluding diaryl/α,β-unsaturated/α-hetero) is 1. The van der Waals surface area contributed by atoms with Crippen molar-refractivity contribution < 1.29 is 23.7 Å². The molecule has 2 heterocycles. The molecule has 0 spiro atoms. The van der Waals surface area contributed by atoms with Crippen LogP contribution in [0.4, 0.5) is 0 Å². The highest BCUT2D eigenvalue weighted by Gasteiger charge is 2.30. The molecule has 0 saturated carbocycles. The van der Waals surface area contributed by atoms with Gasteiger partial charge in [0.15, 0.2) is 11.5 Å². The maximum Gasteiger partial charge on any atom is 0.175 e. The average molecular weight is 710 g/mol. The van der Waals surface area contributed by atoms with Crippen molar-refractivity contribution in [2.45, 2.75) is 97.8 Å². The molecule has 0 aromatic heterocycles. The standard InChI is InChI=1S/C25H29NO2S.C10H13ClO3.C6H14/c1-4-8-24-22(26-14-6-5-11-25(26)29-24)17-20-15-19(12-13-23(20)28-3)18-9-7-10-21(16-18)27-2;1-6(12)7-4-5-8(13-2)10(14-3)9(7)11;1-4-5-6(2)3/h5-6,9,11-16,25H,4,7-8,10,17H2,1-3H3;4-5H2,1-3H3;6H,4-5H2,1-3H3. The minimum absolute atomic E-state index is 0.0142. The summed E-state index contributed by atoms with van der Waals surface area (Å²) in [6, 6.07) is 6.55. The molecule has 0 bridgehead atoms. The number of thioether (sulfide) groups is 1. The minimum Gasteiger partial charge on any atom is -0.501 e. The molecule has 2 aliphatic heterocycles. The zero-order chi connectivity index (χ0) is 35.9. The molecular weight excluding hydrogens is 654 g/mol. The van der Waals surface area contributed by atoms with Crippen molar-refractivity contribution >= 4 is 34.7 Å². The predicted octanol–water partition coefficient (Wildman–Crippen LogP) is 11.2. The van der Waals surface area contributed by atoms with E-state index >= 15 is 0 Å². The van der Waals surface area contributed by atoms with Crippen LogP contribution in [0.1, 0.15) is 97.1 Å². The molecule has 0 amide bonds. The van der Waals surface area contributed by atoms with Gasteiger partial charge in [0, 0.05) is 47.2 Å². The normalized spacial score (nSPS) is 18.3. The molecule has 2 aliphatic carbocycles. The number of methoxy groups -OCH3 is 4. The van der Waals surface area contributed by atoms with Crippen LogP contribution in [-0.2, 0) is 25.4 Å². The number of rotatable bonds is 12. The zero-order valence-electron chi connectivity index (χ0n) is 31.0. The molecule has 1 unspecified atom stereocenters. The lowest BCUT2D eigenvalue weighted by Crippen LogP contribution is -2.23. The Balaban J connectivity index is 0.000000270. The van der Waals surface area contributed by atoms with Crippen molar-refractivity contribution in [2.24, 2.45) is 5.92 Å². The van der Waals surface area contributed by atoms with Crippen molar-refractivity contribution in [1.29, 1.82) is 0 Å². The molecule has 0 radical (unpaired) electrons. The summed E-state index contributed by atoms with van der Waals surface area (Å²) in [5, 5.41) is 0.766. The molecule has 5 rings (SSSR count). The van der Waals surface area contributed by atoms with Crippen LogP contribution in [-0.4, -0.2) is 44.5 Å².